The second-order valence-corrected chi connectivity index (χ2v) is 8.14. The number of fused-ring (bicyclic) bond motifs is 2. The Morgan fingerprint density at radius 2 is 1.92 bits per heavy atom. The van der Waals surface area contributed by atoms with Crippen LogP contribution in [0.15, 0.2) is 67.0 Å². The minimum absolute atomic E-state index is 0. The molecule has 4 heterocycles. The summed E-state index contributed by atoms with van der Waals surface area (Å²) in [5.74, 6) is 0.346. The van der Waals surface area contributed by atoms with Crippen LogP contribution in [0.3, 0.4) is 0 Å². The Hall–Kier alpha value is -3.66. The number of nitrogens with one attached hydrogen (secondary N) is 1. The van der Waals surface area contributed by atoms with Gasteiger partial charge < -0.3 is 15.8 Å². The Morgan fingerprint density at radius 3 is 2.73 bits per heavy atom. The second kappa shape index (κ2) is 12.5. The topological polar surface area (TPSA) is 112 Å². The molecule has 1 amide bonds. The zero-order valence-corrected chi connectivity index (χ0v) is 22.0. The molecule has 194 valence electrons. The molecule has 37 heavy (non-hydrogen) atoms. The minimum atomic E-state index is -0.227. The summed E-state index contributed by atoms with van der Waals surface area (Å²) in [6, 6.07) is 17.2. The summed E-state index contributed by atoms with van der Waals surface area (Å²) in [4.78, 5) is 22.1. The van der Waals surface area contributed by atoms with Crippen LogP contribution in [-0.2, 0) is 13.0 Å². The number of hydrogen-bond acceptors (Lipinski definition) is 6. The van der Waals surface area contributed by atoms with Crippen LogP contribution in [0, 0.1) is 0 Å². The van der Waals surface area contributed by atoms with Gasteiger partial charge in [0.2, 0.25) is 5.88 Å². The molecule has 0 spiro atoms. The molecule has 0 aliphatic rings. The van der Waals surface area contributed by atoms with Gasteiger partial charge >= 0.3 is 0 Å². The largest absolute Gasteiger partial charge is 0.478 e. The smallest absolute Gasteiger partial charge is 0.274 e. The first-order valence-corrected chi connectivity index (χ1v) is 11.7. The lowest BCUT2D eigenvalue weighted by molar-refractivity contribution is 0.102. The molecule has 5 rings (SSSR count). The van der Waals surface area contributed by atoms with Crippen molar-refractivity contribution in [1.82, 2.24) is 24.1 Å². The third-order valence-electron chi connectivity index (χ3n) is 5.77. The first-order valence-electron chi connectivity index (χ1n) is 11.7. The molecule has 0 saturated carbocycles. The van der Waals surface area contributed by atoms with Gasteiger partial charge in [-0.15, -0.1) is 24.8 Å². The highest BCUT2D eigenvalue weighted by Gasteiger charge is 2.18. The number of aromatic nitrogens is 5. The van der Waals surface area contributed by atoms with Gasteiger partial charge in [0.05, 0.1) is 41.9 Å². The van der Waals surface area contributed by atoms with Crippen molar-refractivity contribution in [2.24, 2.45) is 5.73 Å². The molecule has 0 atom stereocenters. The van der Waals surface area contributed by atoms with E-state index in [1.54, 1.807) is 10.6 Å². The van der Waals surface area contributed by atoms with E-state index in [1.807, 2.05) is 65.5 Å². The Balaban J connectivity index is 0.00000190. The van der Waals surface area contributed by atoms with E-state index in [-0.39, 0.29) is 30.7 Å². The van der Waals surface area contributed by atoms with Crippen molar-refractivity contribution in [3.8, 4) is 5.88 Å². The van der Waals surface area contributed by atoms with E-state index < -0.39 is 0 Å². The van der Waals surface area contributed by atoms with Crippen molar-refractivity contribution < 1.29 is 9.53 Å². The molecule has 4 aromatic heterocycles. The number of pyridine rings is 2. The van der Waals surface area contributed by atoms with E-state index in [4.69, 9.17) is 15.6 Å². The van der Waals surface area contributed by atoms with Crippen LogP contribution in [-0.4, -0.2) is 43.2 Å². The van der Waals surface area contributed by atoms with Crippen molar-refractivity contribution in [3.05, 3.63) is 84.1 Å². The number of carbonyl (C=O) groups is 1. The van der Waals surface area contributed by atoms with Gasteiger partial charge in [-0.25, -0.2) is 9.97 Å². The van der Waals surface area contributed by atoms with E-state index in [9.17, 15) is 4.79 Å². The summed E-state index contributed by atoms with van der Waals surface area (Å²) in [5, 5.41) is 8.83. The van der Waals surface area contributed by atoms with E-state index in [2.05, 4.69) is 22.2 Å². The van der Waals surface area contributed by atoms with E-state index in [0.717, 1.165) is 40.8 Å². The van der Waals surface area contributed by atoms with Gasteiger partial charge in [-0.3, -0.25) is 13.9 Å². The first-order chi connectivity index (χ1) is 17.2. The molecule has 0 unspecified atom stereocenters. The SMILES string of the molecule is CCc1nn(Cc2cccc(OCCCN)n2)c2cccc(NC(=O)c3cnc4ccccn34)c12.Cl.Cl. The Labute approximate surface area is 226 Å². The van der Waals surface area contributed by atoms with Crippen LogP contribution in [0.4, 0.5) is 5.69 Å². The van der Waals surface area contributed by atoms with E-state index in [1.165, 1.54) is 0 Å². The van der Waals surface area contributed by atoms with Crippen molar-refractivity contribution in [1.29, 1.82) is 0 Å². The predicted molar refractivity (Wildman–Crippen MR) is 149 cm³/mol. The maximum atomic E-state index is 13.1. The molecule has 0 aliphatic heterocycles. The lowest BCUT2D eigenvalue weighted by atomic mass is 10.1. The molecule has 0 saturated heterocycles. The monoisotopic (exact) mass is 541 g/mol. The quantitative estimate of drug-likeness (QED) is 0.265. The number of hydrogen-bond donors (Lipinski definition) is 2. The number of halogens is 2. The van der Waals surface area contributed by atoms with Crippen LogP contribution in [0.25, 0.3) is 16.6 Å². The highest BCUT2D eigenvalue weighted by Crippen LogP contribution is 2.28. The number of nitrogens with zero attached hydrogens (tertiary/aromatic N) is 5. The van der Waals surface area contributed by atoms with Gasteiger partial charge in [0.15, 0.2) is 0 Å². The fourth-order valence-corrected chi connectivity index (χ4v) is 4.11. The third-order valence-corrected chi connectivity index (χ3v) is 5.77. The van der Waals surface area contributed by atoms with Crippen molar-refractivity contribution in [3.63, 3.8) is 0 Å². The maximum absolute atomic E-state index is 13.1. The van der Waals surface area contributed by atoms with Crippen molar-refractivity contribution in [2.45, 2.75) is 26.3 Å². The maximum Gasteiger partial charge on any atom is 0.274 e. The predicted octanol–water partition coefficient (Wildman–Crippen LogP) is 4.51. The molecular formula is C26H29Cl2N7O2. The zero-order valence-electron chi connectivity index (χ0n) is 20.3. The minimum Gasteiger partial charge on any atom is -0.478 e. The summed E-state index contributed by atoms with van der Waals surface area (Å²) in [6.45, 7) is 3.65. The van der Waals surface area contributed by atoms with Crippen LogP contribution in [0.1, 0.15) is 35.2 Å². The lowest BCUT2D eigenvalue weighted by Crippen LogP contribution is -2.14. The van der Waals surface area contributed by atoms with Gasteiger partial charge in [-0.05, 0) is 49.7 Å². The Bertz CT molecular complexity index is 1500. The summed E-state index contributed by atoms with van der Waals surface area (Å²) >= 11 is 0. The van der Waals surface area contributed by atoms with Crippen molar-refractivity contribution >= 4 is 53.0 Å². The zero-order chi connectivity index (χ0) is 24.2. The average molecular weight is 542 g/mol. The van der Waals surface area contributed by atoms with Gasteiger partial charge in [0, 0.05) is 17.6 Å². The number of benzene rings is 1. The molecule has 0 aliphatic carbocycles. The standard InChI is InChI=1S/C26H27N7O2.2ClH/c1-2-19-25-20(30-26(34)22-16-28-23-11-3-4-14-32(22)23)9-6-10-21(25)33(31-19)17-18-8-5-12-24(29-18)35-15-7-13-27;;/h3-6,8-12,14,16H,2,7,13,15,17,27H2,1H3,(H,30,34);2*1H. The number of imidazole rings is 1. The molecule has 3 N–H and O–H groups in total. The molecule has 0 bridgehead atoms. The highest BCUT2D eigenvalue weighted by atomic mass is 35.5. The van der Waals surface area contributed by atoms with Crippen LogP contribution in [0.5, 0.6) is 5.88 Å². The van der Waals surface area contributed by atoms with E-state index >= 15 is 0 Å². The van der Waals surface area contributed by atoms with Gasteiger partial charge in [0.1, 0.15) is 11.3 Å². The summed E-state index contributed by atoms with van der Waals surface area (Å²) in [7, 11) is 0. The Morgan fingerprint density at radius 1 is 1.08 bits per heavy atom. The van der Waals surface area contributed by atoms with E-state index in [0.29, 0.717) is 37.0 Å². The number of carbonyl (C=O) groups excluding carboxylic acids is 1. The van der Waals surface area contributed by atoms with Crippen LogP contribution in [0.2, 0.25) is 0 Å². The second-order valence-electron chi connectivity index (χ2n) is 8.14. The fourth-order valence-electron chi connectivity index (χ4n) is 4.11. The van der Waals surface area contributed by atoms with Gasteiger partial charge in [0.25, 0.3) is 5.91 Å². The molecule has 5 aromatic rings. The van der Waals surface area contributed by atoms with Gasteiger partial charge in [-0.1, -0.05) is 25.1 Å². The normalized spacial score (nSPS) is 10.6. The summed E-state index contributed by atoms with van der Waals surface area (Å²) < 4.78 is 9.38. The summed E-state index contributed by atoms with van der Waals surface area (Å²) in [6.07, 6.45) is 4.91. The van der Waals surface area contributed by atoms with Crippen LogP contribution < -0.4 is 15.8 Å². The lowest BCUT2D eigenvalue weighted by Gasteiger charge is -2.09. The average Bonchev–Trinajstić information content (AvgIpc) is 3.47. The van der Waals surface area contributed by atoms with Crippen LogP contribution >= 0.6 is 24.8 Å². The molecule has 1 aromatic carbocycles. The molecule has 9 nitrogen and oxygen atoms in total. The Kier molecular flexibility index (Phi) is 9.46. The number of anilines is 1. The molecule has 0 fully saturated rings. The summed E-state index contributed by atoms with van der Waals surface area (Å²) in [5.41, 5.74) is 10.1. The molecular weight excluding hydrogens is 513 g/mol. The highest BCUT2D eigenvalue weighted by molar-refractivity contribution is 6.08. The van der Waals surface area contributed by atoms with Crippen molar-refractivity contribution in [2.75, 3.05) is 18.5 Å². The number of ether oxygens (including phenoxy) is 1. The number of aryl methyl sites for hydroxylation is 1. The molecule has 0 radical (unpaired) electrons. The van der Waals surface area contributed by atoms with Gasteiger partial charge in [-0.2, -0.15) is 5.10 Å². The fraction of sp³-hybridized carbons (Fsp3) is 0.231. The number of nitrogens with two attached hydrogens (primary N) is 1. The number of rotatable bonds is 9. The third kappa shape index (κ3) is 5.85. The molecule has 11 heteroatoms. The first kappa shape index (κ1) is 27.9. The number of amides is 1.